The summed E-state index contributed by atoms with van der Waals surface area (Å²) in [7, 11) is 0. The van der Waals surface area contributed by atoms with Crippen molar-refractivity contribution in [3.8, 4) is 10.6 Å². The summed E-state index contributed by atoms with van der Waals surface area (Å²) in [5, 5.41) is 2.40. The van der Waals surface area contributed by atoms with Crippen LogP contribution in [0.2, 0.25) is 0 Å². The van der Waals surface area contributed by atoms with Crippen LogP contribution in [0.5, 0.6) is 0 Å². The molecule has 1 heterocycles. The van der Waals surface area contributed by atoms with Crippen LogP contribution in [0.15, 0.2) is 52.7 Å². The summed E-state index contributed by atoms with van der Waals surface area (Å²) < 4.78 is 63.8. The number of hydrogen-bond donors (Lipinski definition) is 0. The molecular formula is C17H10F5NS2. The van der Waals surface area contributed by atoms with Crippen molar-refractivity contribution in [3.63, 3.8) is 0 Å². The lowest BCUT2D eigenvalue weighted by molar-refractivity contribution is -0.137. The fourth-order valence-corrected chi connectivity index (χ4v) is 3.78. The summed E-state index contributed by atoms with van der Waals surface area (Å²) in [5.41, 5.74) is 0.610. The van der Waals surface area contributed by atoms with E-state index in [0.717, 1.165) is 30.0 Å². The molecule has 1 aromatic heterocycles. The van der Waals surface area contributed by atoms with Crippen molar-refractivity contribution in [2.75, 3.05) is 0 Å². The molecule has 0 fully saturated rings. The highest BCUT2D eigenvalue weighted by molar-refractivity contribution is 7.98. The normalized spacial score (nSPS) is 11.7. The largest absolute Gasteiger partial charge is 0.416 e. The van der Waals surface area contributed by atoms with Gasteiger partial charge in [0.05, 0.1) is 11.3 Å². The quantitative estimate of drug-likeness (QED) is 0.380. The lowest BCUT2D eigenvalue weighted by Gasteiger charge is -2.06. The van der Waals surface area contributed by atoms with Gasteiger partial charge in [-0.2, -0.15) is 13.2 Å². The Kier molecular flexibility index (Phi) is 5.10. The third kappa shape index (κ3) is 4.38. The van der Waals surface area contributed by atoms with Gasteiger partial charge < -0.3 is 0 Å². The Balaban J connectivity index is 1.68. The molecule has 8 heteroatoms. The summed E-state index contributed by atoms with van der Waals surface area (Å²) in [6.45, 7) is 0. The monoisotopic (exact) mass is 387 g/mol. The first-order chi connectivity index (χ1) is 11.8. The number of rotatable bonds is 4. The molecule has 0 radical (unpaired) electrons. The van der Waals surface area contributed by atoms with Gasteiger partial charge in [0, 0.05) is 21.6 Å². The Hall–Kier alpha value is -1.93. The maximum atomic E-state index is 13.2. The van der Waals surface area contributed by atoms with Crippen LogP contribution < -0.4 is 0 Å². The highest BCUT2D eigenvalue weighted by atomic mass is 32.2. The summed E-state index contributed by atoms with van der Waals surface area (Å²) >= 11 is 2.62. The van der Waals surface area contributed by atoms with Crippen LogP contribution in [0, 0.1) is 11.6 Å². The Morgan fingerprint density at radius 3 is 2.32 bits per heavy atom. The van der Waals surface area contributed by atoms with Crippen LogP contribution in [-0.4, -0.2) is 4.98 Å². The van der Waals surface area contributed by atoms with E-state index in [1.54, 1.807) is 5.38 Å². The van der Waals surface area contributed by atoms with E-state index in [1.807, 2.05) is 0 Å². The van der Waals surface area contributed by atoms with Crippen LogP contribution in [0.1, 0.15) is 11.3 Å². The number of benzene rings is 2. The number of thioether (sulfide) groups is 1. The number of halogens is 5. The molecule has 0 saturated heterocycles. The van der Waals surface area contributed by atoms with Crippen molar-refractivity contribution in [2.45, 2.75) is 16.8 Å². The van der Waals surface area contributed by atoms with E-state index >= 15 is 0 Å². The Labute approximate surface area is 148 Å². The van der Waals surface area contributed by atoms with Gasteiger partial charge in [0.15, 0.2) is 11.6 Å². The Morgan fingerprint density at radius 1 is 0.960 bits per heavy atom. The molecule has 0 spiro atoms. The molecule has 130 valence electrons. The zero-order valence-electron chi connectivity index (χ0n) is 12.5. The lowest BCUT2D eigenvalue weighted by atomic mass is 10.1. The van der Waals surface area contributed by atoms with Crippen molar-refractivity contribution >= 4 is 23.1 Å². The zero-order chi connectivity index (χ0) is 18.0. The molecule has 2 aromatic carbocycles. The second kappa shape index (κ2) is 7.13. The van der Waals surface area contributed by atoms with Crippen molar-refractivity contribution in [2.24, 2.45) is 0 Å². The van der Waals surface area contributed by atoms with E-state index in [0.29, 0.717) is 21.2 Å². The van der Waals surface area contributed by atoms with Crippen LogP contribution in [-0.2, 0) is 11.9 Å². The predicted molar refractivity (Wildman–Crippen MR) is 88.5 cm³/mol. The van der Waals surface area contributed by atoms with Crippen molar-refractivity contribution in [3.05, 3.63) is 70.7 Å². The van der Waals surface area contributed by atoms with Crippen LogP contribution >= 0.6 is 23.1 Å². The topological polar surface area (TPSA) is 12.9 Å². The van der Waals surface area contributed by atoms with Gasteiger partial charge in [-0.1, -0.05) is 12.1 Å². The average molecular weight is 387 g/mol. The fourth-order valence-electron chi connectivity index (χ4n) is 2.03. The van der Waals surface area contributed by atoms with Crippen molar-refractivity contribution in [1.82, 2.24) is 4.98 Å². The minimum Gasteiger partial charge on any atom is -0.240 e. The van der Waals surface area contributed by atoms with Crippen molar-refractivity contribution < 1.29 is 22.0 Å². The van der Waals surface area contributed by atoms with E-state index < -0.39 is 23.4 Å². The van der Waals surface area contributed by atoms with E-state index in [9.17, 15) is 22.0 Å². The van der Waals surface area contributed by atoms with Gasteiger partial charge in [-0.15, -0.1) is 23.1 Å². The maximum absolute atomic E-state index is 13.2. The average Bonchev–Trinajstić information content (AvgIpc) is 3.04. The predicted octanol–water partition coefficient (Wildman–Crippen LogP) is 6.40. The van der Waals surface area contributed by atoms with E-state index in [2.05, 4.69) is 4.98 Å². The highest BCUT2D eigenvalue weighted by Gasteiger charge is 2.30. The third-order valence-electron chi connectivity index (χ3n) is 3.29. The summed E-state index contributed by atoms with van der Waals surface area (Å²) in [6, 6.07) is 8.46. The number of hydrogen-bond acceptors (Lipinski definition) is 3. The first-order valence-corrected chi connectivity index (χ1v) is 8.89. The summed E-state index contributed by atoms with van der Waals surface area (Å²) in [4.78, 5) is 4.95. The number of nitrogens with zero attached hydrogens (tertiary/aromatic N) is 1. The van der Waals surface area contributed by atoms with Gasteiger partial charge in [-0.3, -0.25) is 0 Å². The molecule has 0 amide bonds. The molecule has 25 heavy (non-hydrogen) atoms. The van der Waals surface area contributed by atoms with Gasteiger partial charge in [-0.25, -0.2) is 13.8 Å². The molecule has 0 bridgehead atoms. The maximum Gasteiger partial charge on any atom is 0.416 e. The SMILES string of the molecule is Fc1ccc(SCc2csc(-c3ccc(C(F)(F)F)cc3)n2)cc1F. The Morgan fingerprint density at radius 2 is 1.68 bits per heavy atom. The van der Waals surface area contributed by atoms with Gasteiger partial charge in [0.25, 0.3) is 0 Å². The van der Waals surface area contributed by atoms with Crippen LogP contribution in [0.25, 0.3) is 10.6 Å². The fraction of sp³-hybridized carbons (Fsp3) is 0.118. The second-order valence-electron chi connectivity index (χ2n) is 5.08. The van der Waals surface area contributed by atoms with E-state index in [-0.39, 0.29) is 0 Å². The third-order valence-corrected chi connectivity index (χ3v) is 5.26. The molecule has 0 unspecified atom stereocenters. The Bertz CT molecular complexity index is 871. The number of thiazole rings is 1. The minimum atomic E-state index is -4.37. The first-order valence-electron chi connectivity index (χ1n) is 7.03. The number of alkyl halides is 3. The summed E-state index contributed by atoms with van der Waals surface area (Å²) in [5.74, 6) is -1.36. The second-order valence-corrected chi connectivity index (χ2v) is 6.99. The summed E-state index contributed by atoms with van der Waals surface area (Å²) in [6.07, 6.45) is -4.37. The zero-order valence-corrected chi connectivity index (χ0v) is 14.1. The van der Waals surface area contributed by atoms with Gasteiger partial charge in [0.1, 0.15) is 5.01 Å². The van der Waals surface area contributed by atoms with Gasteiger partial charge >= 0.3 is 6.18 Å². The molecule has 0 aliphatic carbocycles. The molecule has 1 nitrogen and oxygen atoms in total. The first kappa shape index (κ1) is 17.9. The highest BCUT2D eigenvalue weighted by Crippen LogP contribution is 2.32. The number of aromatic nitrogens is 1. The standard InChI is InChI=1S/C17H10F5NS2/c18-14-6-5-13(7-15(14)19)24-8-12-9-25-16(23-12)10-1-3-11(4-2-10)17(20,21)22/h1-7,9H,8H2. The lowest BCUT2D eigenvalue weighted by Crippen LogP contribution is -2.03. The molecular weight excluding hydrogens is 377 g/mol. The van der Waals surface area contributed by atoms with Crippen molar-refractivity contribution in [1.29, 1.82) is 0 Å². The molecule has 0 aliphatic heterocycles. The molecule has 3 aromatic rings. The molecule has 0 atom stereocenters. The molecule has 0 N–H and O–H groups in total. The van der Waals surface area contributed by atoms with E-state index in [4.69, 9.17) is 0 Å². The van der Waals surface area contributed by atoms with Crippen LogP contribution in [0.4, 0.5) is 22.0 Å². The van der Waals surface area contributed by atoms with Gasteiger partial charge in [-0.05, 0) is 30.3 Å². The molecule has 0 aliphatic rings. The van der Waals surface area contributed by atoms with Crippen LogP contribution in [0.3, 0.4) is 0 Å². The molecule has 0 saturated carbocycles. The molecule has 3 rings (SSSR count). The van der Waals surface area contributed by atoms with E-state index in [1.165, 1.54) is 41.3 Å². The van der Waals surface area contributed by atoms with Gasteiger partial charge in [0.2, 0.25) is 0 Å². The minimum absolute atomic E-state index is 0.447. The smallest absolute Gasteiger partial charge is 0.240 e.